The highest BCUT2D eigenvalue weighted by Gasteiger charge is 2.29. The highest BCUT2D eigenvalue weighted by Crippen LogP contribution is 2.24. The smallest absolute Gasteiger partial charge is 0.345 e. The average molecular weight is 483 g/mol. The number of carbonyl (C=O) groups excluding carboxylic acids is 1. The van der Waals surface area contributed by atoms with Crippen molar-refractivity contribution in [2.24, 2.45) is 0 Å². The second kappa shape index (κ2) is 11.4. The Morgan fingerprint density at radius 1 is 1.06 bits per heavy atom. The van der Waals surface area contributed by atoms with Gasteiger partial charge in [0.25, 0.3) is 0 Å². The number of ether oxygens (including phenoxy) is 1. The predicted octanol–water partition coefficient (Wildman–Crippen LogP) is 4.62. The molecule has 1 atom stereocenters. The van der Waals surface area contributed by atoms with Crippen LogP contribution in [0.25, 0.3) is 0 Å². The number of carboxylic acids is 1. The number of aromatic carboxylic acids is 1. The van der Waals surface area contributed by atoms with Crippen molar-refractivity contribution >= 4 is 23.3 Å². The minimum absolute atomic E-state index is 0.212. The molecule has 4 rings (SSSR count). The standard InChI is InChI=1S/C26H27FN2O4S/c27-22-9-5-4-8-21(22)24(28-16-20-10-11-23(34-20)25(30)31)26(32)33-19-12-14-29(15-13-19)17-18-6-2-1-3-7-18/h1-11,19,24,28H,12-17H2,(H,30,31). The molecule has 1 saturated heterocycles. The average Bonchev–Trinajstić information content (AvgIpc) is 3.32. The van der Waals surface area contributed by atoms with Crippen LogP contribution in [-0.2, 0) is 22.6 Å². The van der Waals surface area contributed by atoms with Crippen molar-refractivity contribution in [2.75, 3.05) is 13.1 Å². The van der Waals surface area contributed by atoms with E-state index in [1.165, 1.54) is 17.7 Å². The Morgan fingerprint density at radius 2 is 1.76 bits per heavy atom. The van der Waals surface area contributed by atoms with Crippen molar-refractivity contribution in [1.82, 2.24) is 10.2 Å². The van der Waals surface area contributed by atoms with Crippen LogP contribution in [0.5, 0.6) is 0 Å². The maximum absolute atomic E-state index is 14.5. The molecule has 0 aliphatic carbocycles. The lowest BCUT2D eigenvalue weighted by atomic mass is 10.0. The number of hydrogen-bond donors (Lipinski definition) is 2. The van der Waals surface area contributed by atoms with Gasteiger partial charge < -0.3 is 9.84 Å². The molecule has 0 spiro atoms. The number of esters is 1. The van der Waals surface area contributed by atoms with E-state index in [1.807, 2.05) is 18.2 Å². The fourth-order valence-corrected chi connectivity index (χ4v) is 4.88. The number of carboxylic acid groups (broad SMARTS) is 1. The van der Waals surface area contributed by atoms with Crippen LogP contribution in [-0.4, -0.2) is 41.1 Å². The van der Waals surface area contributed by atoms with Crippen molar-refractivity contribution in [1.29, 1.82) is 0 Å². The lowest BCUT2D eigenvalue weighted by Crippen LogP contribution is -2.39. The van der Waals surface area contributed by atoms with Gasteiger partial charge in [0, 0.05) is 36.6 Å². The minimum Gasteiger partial charge on any atom is -0.477 e. The molecule has 0 amide bonds. The Labute approximate surface area is 202 Å². The first kappa shape index (κ1) is 24.1. The van der Waals surface area contributed by atoms with Gasteiger partial charge in [-0.05, 0) is 36.6 Å². The van der Waals surface area contributed by atoms with E-state index in [2.05, 4.69) is 22.3 Å². The molecule has 8 heteroatoms. The highest BCUT2D eigenvalue weighted by atomic mass is 32.1. The molecule has 0 saturated carbocycles. The molecule has 2 N–H and O–H groups in total. The van der Waals surface area contributed by atoms with Gasteiger partial charge in [-0.3, -0.25) is 10.2 Å². The number of nitrogens with one attached hydrogen (secondary N) is 1. The van der Waals surface area contributed by atoms with E-state index in [9.17, 15) is 14.0 Å². The van der Waals surface area contributed by atoms with Gasteiger partial charge in [0.2, 0.25) is 0 Å². The first-order valence-corrected chi connectivity index (χ1v) is 12.1. The lowest BCUT2D eigenvalue weighted by Gasteiger charge is -2.32. The summed E-state index contributed by atoms with van der Waals surface area (Å²) in [4.78, 5) is 27.5. The van der Waals surface area contributed by atoms with Crippen molar-refractivity contribution in [3.63, 3.8) is 0 Å². The van der Waals surface area contributed by atoms with Gasteiger partial charge in [0.05, 0.1) is 0 Å². The molecule has 0 radical (unpaired) electrons. The Hall–Kier alpha value is -3.07. The zero-order valence-corrected chi connectivity index (χ0v) is 19.5. The van der Waals surface area contributed by atoms with Crippen LogP contribution in [0.4, 0.5) is 4.39 Å². The summed E-state index contributed by atoms with van der Waals surface area (Å²) in [6.45, 7) is 2.72. The van der Waals surface area contributed by atoms with E-state index in [4.69, 9.17) is 9.84 Å². The molecule has 2 heterocycles. The monoisotopic (exact) mass is 482 g/mol. The molecule has 1 aliphatic rings. The number of carbonyl (C=O) groups is 2. The van der Waals surface area contributed by atoms with Crippen molar-refractivity contribution < 1.29 is 23.8 Å². The van der Waals surface area contributed by atoms with Gasteiger partial charge in [0.15, 0.2) is 0 Å². The second-order valence-corrected chi connectivity index (χ2v) is 9.47. The molecule has 1 fully saturated rings. The van der Waals surface area contributed by atoms with E-state index in [0.29, 0.717) is 0 Å². The third-order valence-corrected chi connectivity index (χ3v) is 6.94. The minimum atomic E-state index is -1.00. The van der Waals surface area contributed by atoms with E-state index in [0.717, 1.165) is 48.7 Å². The first-order chi connectivity index (χ1) is 16.5. The first-order valence-electron chi connectivity index (χ1n) is 11.3. The summed E-state index contributed by atoms with van der Waals surface area (Å²) in [5.74, 6) is -2.02. The largest absolute Gasteiger partial charge is 0.477 e. The predicted molar refractivity (Wildman–Crippen MR) is 128 cm³/mol. The molecule has 0 bridgehead atoms. The Morgan fingerprint density at radius 3 is 2.44 bits per heavy atom. The zero-order valence-electron chi connectivity index (χ0n) is 18.7. The molecule has 1 unspecified atom stereocenters. The van der Waals surface area contributed by atoms with Crippen LogP contribution in [0.3, 0.4) is 0 Å². The van der Waals surface area contributed by atoms with Gasteiger partial charge in [-0.15, -0.1) is 11.3 Å². The summed E-state index contributed by atoms with van der Waals surface area (Å²) >= 11 is 1.12. The molecule has 34 heavy (non-hydrogen) atoms. The molecule has 1 aromatic heterocycles. The summed E-state index contributed by atoms with van der Waals surface area (Å²) in [7, 11) is 0. The summed E-state index contributed by atoms with van der Waals surface area (Å²) in [5, 5.41) is 12.2. The molecule has 2 aromatic carbocycles. The maximum atomic E-state index is 14.5. The van der Waals surface area contributed by atoms with Gasteiger partial charge in [-0.25, -0.2) is 14.0 Å². The summed E-state index contributed by atoms with van der Waals surface area (Å²) in [5.41, 5.74) is 1.46. The summed E-state index contributed by atoms with van der Waals surface area (Å²) in [6, 6.07) is 18.6. The van der Waals surface area contributed by atoms with E-state index < -0.39 is 23.8 Å². The molecule has 3 aromatic rings. The van der Waals surface area contributed by atoms with Crippen LogP contribution < -0.4 is 5.32 Å². The number of thiophene rings is 1. The molecule has 178 valence electrons. The molecular weight excluding hydrogens is 455 g/mol. The van der Waals surface area contributed by atoms with E-state index in [-0.39, 0.29) is 23.1 Å². The zero-order chi connectivity index (χ0) is 23.9. The highest BCUT2D eigenvalue weighted by molar-refractivity contribution is 7.13. The van der Waals surface area contributed by atoms with E-state index in [1.54, 1.807) is 24.3 Å². The number of hydrogen-bond acceptors (Lipinski definition) is 6. The van der Waals surface area contributed by atoms with E-state index >= 15 is 0 Å². The fraction of sp³-hybridized carbons (Fsp3) is 0.308. The lowest BCUT2D eigenvalue weighted by molar-refractivity contribution is -0.154. The normalized spacial score (nSPS) is 15.7. The van der Waals surface area contributed by atoms with Gasteiger partial charge >= 0.3 is 11.9 Å². The van der Waals surface area contributed by atoms with Gasteiger partial charge in [-0.1, -0.05) is 48.5 Å². The fourth-order valence-electron chi connectivity index (χ4n) is 4.08. The van der Waals surface area contributed by atoms with Crippen LogP contribution in [0.15, 0.2) is 66.7 Å². The van der Waals surface area contributed by atoms with Crippen molar-refractivity contribution in [3.05, 3.63) is 93.4 Å². The quantitative estimate of drug-likeness (QED) is 0.433. The van der Waals surface area contributed by atoms with Gasteiger partial charge in [0.1, 0.15) is 22.8 Å². The van der Waals surface area contributed by atoms with Crippen LogP contribution in [0, 0.1) is 5.82 Å². The van der Waals surface area contributed by atoms with Crippen molar-refractivity contribution in [2.45, 2.75) is 38.1 Å². The number of nitrogens with zero attached hydrogens (tertiary/aromatic N) is 1. The Balaban J connectivity index is 1.37. The second-order valence-electron chi connectivity index (χ2n) is 8.30. The number of benzene rings is 2. The third kappa shape index (κ3) is 6.28. The molecule has 1 aliphatic heterocycles. The number of piperidine rings is 1. The topological polar surface area (TPSA) is 78.9 Å². The number of rotatable bonds is 9. The van der Waals surface area contributed by atoms with Crippen LogP contribution in [0.2, 0.25) is 0 Å². The third-order valence-electron chi connectivity index (χ3n) is 5.87. The van der Waals surface area contributed by atoms with Crippen LogP contribution in [0.1, 0.15) is 44.6 Å². The van der Waals surface area contributed by atoms with Crippen LogP contribution >= 0.6 is 11.3 Å². The summed E-state index contributed by atoms with van der Waals surface area (Å²) < 4.78 is 20.4. The number of halogens is 1. The SMILES string of the molecule is O=C(O)c1ccc(CNC(C(=O)OC2CCN(Cc3ccccc3)CC2)c2ccccc2F)s1. The molecule has 6 nitrogen and oxygen atoms in total. The Kier molecular flexibility index (Phi) is 8.05. The molecular formula is C26H27FN2O4S. The van der Waals surface area contributed by atoms with Crippen molar-refractivity contribution in [3.8, 4) is 0 Å². The summed E-state index contributed by atoms with van der Waals surface area (Å²) in [6.07, 6.45) is 1.21. The number of likely N-dealkylation sites (tertiary alicyclic amines) is 1. The maximum Gasteiger partial charge on any atom is 0.345 e. The Bertz CT molecular complexity index is 1110. The van der Waals surface area contributed by atoms with Gasteiger partial charge in [-0.2, -0.15) is 0 Å².